The number of benzene rings is 1. The molecule has 1 heterocycles. The zero-order valence-corrected chi connectivity index (χ0v) is 10.2. The predicted molar refractivity (Wildman–Crippen MR) is 67.3 cm³/mol. The Morgan fingerprint density at radius 3 is 2.47 bits per heavy atom. The number of amidine groups is 1. The van der Waals surface area contributed by atoms with Crippen LogP contribution in [-0.2, 0) is 10.0 Å². The highest BCUT2D eigenvalue weighted by molar-refractivity contribution is 7.90. The van der Waals surface area contributed by atoms with E-state index >= 15 is 0 Å². The minimum atomic E-state index is -3.51. The van der Waals surface area contributed by atoms with Crippen molar-refractivity contribution >= 4 is 21.5 Å². The van der Waals surface area contributed by atoms with Crippen LogP contribution < -0.4 is 10.5 Å². The van der Waals surface area contributed by atoms with Gasteiger partial charge in [0, 0.05) is 18.7 Å². The average molecular weight is 253 g/mol. The Morgan fingerprint density at radius 1 is 1.18 bits per heavy atom. The molecule has 0 saturated heterocycles. The molecule has 0 aromatic heterocycles. The molecule has 0 aliphatic carbocycles. The first-order valence-electron chi connectivity index (χ1n) is 5.50. The van der Waals surface area contributed by atoms with Crippen LogP contribution in [0, 0.1) is 0 Å². The van der Waals surface area contributed by atoms with Crippen LogP contribution in [0.25, 0.3) is 0 Å². The molecule has 92 valence electrons. The van der Waals surface area contributed by atoms with Crippen LogP contribution in [0.4, 0.5) is 5.69 Å². The van der Waals surface area contributed by atoms with Gasteiger partial charge < -0.3 is 5.73 Å². The van der Waals surface area contributed by atoms with Crippen LogP contribution in [0.1, 0.15) is 19.3 Å². The number of anilines is 1. The Kier molecular flexibility index (Phi) is 3.33. The van der Waals surface area contributed by atoms with Crippen molar-refractivity contribution in [2.24, 2.45) is 4.99 Å². The van der Waals surface area contributed by atoms with Gasteiger partial charge in [0.25, 0.3) is 10.0 Å². The Bertz CT molecular complexity index is 520. The number of rotatable bonds is 2. The topological polar surface area (TPSA) is 84.5 Å². The van der Waals surface area contributed by atoms with E-state index in [1.54, 1.807) is 12.1 Å². The van der Waals surface area contributed by atoms with Crippen molar-refractivity contribution in [2.45, 2.75) is 24.2 Å². The van der Waals surface area contributed by atoms with Crippen LogP contribution in [-0.4, -0.2) is 20.8 Å². The molecule has 1 aliphatic heterocycles. The van der Waals surface area contributed by atoms with E-state index in [1.807, 2.05) is 0 Å². The normalized spacial score (nSPS) is 16.4. The zero-order valence-electron chi connectivity index (χ0n) is 9.39. The Morgan fingerprint density at radius 2 is 1.88 bits per heavy atom. The van der Waals surface area contributed by atoms with E-state index in [9.17, 15) is 8.42 Å². The number of hydrogen-bond donors (Lipinski definition) is 2. The summed E-state index contributed by atoms with van der Waals surface area (Å²) in [4.78, 5) is 4.37. The Balaban J connectivity index is 2.18. The van der Waals surface area contributed by atoms with Crippen molar-refractivity contribution in [3.63, 3.8) is 0 Å². The summed E-state index contributed by atoms with van der Waals surface area (Å²) in [5.74, 6) is 0.549. The second kappa shape index (κ2) is 4.75. The van der Waals surface area contributed by atoms with Crippen LogP contribution in [0.2, 0.25) is 0 Å². The van der Waals surface area contributed by atoms with Gasteiger partial charge >= 0.3 is 0 Å². The number of sulfonamides is 1. The average Bonchev–Trinajstić information content (AvgIpc) is 2.30. The van der Waals surface area contributed by atoms with Crippen molar-refractivity contribution in [1.82, 2.24) is 4.72 Å². The van der Waals surface area contributed by atoms with Gasteiger partial charge in [0.2, 0.25) is 0 Å². The lowest BCUT2D eigenvalue weighted by Gasteiger charge is -2.14. The monoisotopic (exact) mass is 253 g/mol. The van der Waals surface area contributed by atoms with E-state index in [2.05, 4.69) is 9.71 Å². The third kappa shape index (κ3) is 2.97. The number of hydrogen-bond acceptors (Lipinski definition) is 4. The summed E-state index contributed by atoms with van der Waals surface area (Å²) in [5.41, 5.74) is 6.06. The molecule has 6 heteroatoms. The van der Waals surface area contributed by atoms with Crippen molar-refractivity contribution in [3.8, 4) is 0 Å². The first kappa shape index (κ1) is 11.9. The maximum Gasteiger partial charge on any atom is 0.262 e. The lowest BCUT2D eigenvalue weighted by molar-refractivity contribution is 0.590. The highest BCUT2D eigenvalue weighted by Gasteiger charge is 2.17. The van der Waals surface area contributed by atoms with Crippen molar-refractivity contribution in [1.29, 1.82) is 0 Å². The molecule has 0 atom stereocenters. The summed E-state index contributed by atoms with van der Waals surface area (Å²) < 4.78 is 26.5. The number of nitrogen functional groups attached to an aromatic ring is 1. The molecule has 17 heavy (non-hydrogen) atoms. The van der Waals surface area contributed by atoms with Crippen LogP contribution in [0.15, 0.2) is 34.2 Å². The van der Waals surface area contributed by atoms with Gasteiger partial charge in [-0.15, -0.1) is 0 Å². The Hall–Kier alpha value is -1.56. The largest absolute Gasteiger partial charge is 0.399 e. The van der Waals surface area contributed by atoms with Gasteiger partial charge in [-0.1, -0.05) is 0 Å². The maximum atomic E-state index is 12.0. The minimum Gasteiger partial charge on any atom is -0.399 e. The molecule has 0 unspecified atom stereocenters. The van der Waals surface area contributed by atoms with Crippen LogP contribution >= 0.6 is 0 Å². The highest BCUT2D eigenvalue weighted by Crippen LogP contribution is 2.13. The molecule has 0 fully saturated rings. The first-order valence-corrected chi connectivity index (χ1v) is 6.98. The molecule has 3 N–H and O–H groups in total. The van der Waals surface area contributed by atoms with Gasteiger partial charge in [0.15, 0.2) is 0 Å². The fourth-order valence-corrected chi connectivity index (χ4v) is 2.73. The lowest BCUT2D eigenvalue weighted by atomic mass is 10.2. The number of aliphatic imine (C=N–C) groups is 1. The second-order valence-electron chi connectivity index (χ2n) is 3.96. The van der Waals surface area contributed by atoms with Gasteiger partial charge in [-0.3, -0.25) is 9.71 Å². The summed E-state index contributed by atoms with van der Waals surface area (Å²) in [5, 5.41) is 0. The number of nitrogens with one attached hydrogen (secondary N) is 1. The quantitative estimate of drug-likeness (QED) is 0.775. The minimum absolute atomic E-state index is 0.208. The fraction of sp³-hybridized carbons (Fsp3) is 0.364. The SMILES string of the molecule is Nc1ccc(S(=O)(=O)NC2=NCCCC2)cc1. The molecule has 1 aromatic carbocycles. The zero-order chi connectivity index (χ0) is 12.3. The standard InChI is InChI=1S/C11H15N3O2S/c12-9-4-6-10(7-5-9)17(15,16)14-11-3-1-2-8-13-11/h4-7H,1-3,8,12H2,(H,13,14). The van der Waals surface area contributed by atoms with Gasteiger partial charge in [-0.25, -0.2) is 8.42 Å². The van der Waals surface area contributed by atoms with Crippen LogP contribution in [0.3, 0.4) is 0 Å². The molecule has 0 amide bonds. The molecule has 2 rings (SSSR count). The predicted octanol–water partition coefficient (Wildman–Crippen LogP) is 1.13. The molecular formula is C11H15N3O2S. The molecule has 1 aliphatic rings. The van der Waals surface area contributed by atoms with Gasteiger partial charge in [0.05, 0.1) is 4.90 Å². The van der Waals surface area contributed by atoms with E-state index < -0.39 is 10.0 Å². The van der Waals surface area contributed by atoms with Crippen LogP contribution in [0.5, 0.6) is 0 Å². The summed E-state index contributed by atoms with van der Waals surface area (Å²) in [6, 6.07) is 6.11. The molecular weight excluding hydrogens is 238 g/mol. The van der Waals surface area contributed by atoms with Crippen molar-refractivity contribution in [2.75, 3.05) is 12.3 Å². The molecule has 0 spiro atoms. The molecule has 0 radical (unpaired) electrons. The summed E-state index contributed by atoms with van der Waals surface area (Å²) in [6.07, 6.45) is 2.68. The molecule has 0 bridgehead atoms. The van der Waals surface area contributed by atoms with Crippen molar-refractivity contribution in [3.05, 3.63) is 24.3 Å². The smallest absolute Gasteiger partial charge is 0.262 e. The summed E-state index contributed by atoms with van der Waals surface area (Å²) >= 11 is 0. The second-order valence-corrected chi connectivity index (χ2v) is 5.64. The number of nitrogens with two attached hydrogens (primary N) is 1. The van der Waals surface area contributed by atoms with E-state index in [4.69, 9.17) is 5.73 Å². The third-order valence-electron chi connectivity index (χ3n) is 2.57. The first-order chi connectivity index (χ1) is 8.08. The van der Waals surface area contributed by atoms with Gasteiger partial charge in [0.1, 0.15) is 5.84 Å². The maximum absolute atomic E-state index is 12.0. The number of nitrogens with zero attached hydrogens (tertiary/aromatic N) is 1. The summed E-state index contributed by atoms with van der Waals surface area (Å²) in [7, 11) is -3.51. The van der Waals surface area contributed by atoms with Crippen molar-refractivity contribution < 1.29 is 8.42 Å². The van der Waals surface area contributed by atoms with E-state index in [0.29, 0.717) is 24.5 Å². The molecule has 5 nitrogen and oxygen atoms in total. The van der Waals surface area contributed by atoms with E-state index in [-0.39, 0.29) is 4.90 Å². The van der Waals surface area contributed by atoms with Gasteiger partial charge in [-0.2, -0.15) is 0 Å². The van der Waals surface area contributed by atoms with E-state index in [1.165, 1.54) is 12.1 Å². The molecule has 1 aromatic rings. The van der Waals surface area contributed by atoms with Gasteiger partial charge in [-0.05, 0) is 37.1 Å². The Labute approximate surface area is 101 Å². The third-order valence-corrected chi connectivity index (χ3v) is 3.96. The molecule has 0 saturated carbocycles. The fourth-order valence-electron chi connectivity index (χ4n) is 1.64. The highest BCUT2D eigenvalue weighted by atomic mass is 32.2. The summed E-state index contributed by atoms with van der Waals surface area (Å²) in [6.45, 7) is 0.694. The van der Waals surface area contributed by atoms with E-state index in [0.717, 1.165) is 12.8 Å². The lowest BCUT2D eigenvalue weighted by Crippen LogP contribution is -2.32.